The van der Waals surface area contributed by atoms with E-state index in [-0.39, 0.29) is 0 Å². The highest BCUT2D eigenvalue weighted by atomic mass is 32.1. The molecule has 0 aliphatic rings. The number of halogens is 3. The Kier molecular flexibility index (Phi) is 4.35. The Morgan fingerprint density at radius 1 is 1.25 bits per heavy atom. The van der Waals surface area contributed by atoms with Gasteiger partial charge >= 0.3 is 12.1 Å². The lowest BCUT2D eigenvalue weighted by atomic mass is 10.7. The molecule has 0 aliphatic carbocycles. The Balaban J connectivity index is 0.000000211. The standard InChI is InChI=1S/C4H4S.C2HF3O2/c1-2-4-5-3-1;3-2(4,5)1(6)7/h1-4H;(H,6,7). The molecule has 0 fully saturated rings. The van der Waals surface area contributed by atoms with Crippen molar-refractivity contribution in [2.75, 3.05) is 0 Å². The second-order valence-corrected chi connectivity index (χ2v) is 2.41. The zero-order chi connectivity index (χ0) is 9.61. The van der Waals surface area contributed by atoms with Crippen LogP contribution in [-0.2, 0) is 4.79 Å². The maximum absolute atomic E-state index is 10.6. The molecule has 1 rings (SSSR count). The first-order chi connectivity index (χ1) is 5.44. The number of aliphatic carboxylic acids is 1. The van der Waals surface area contributed by atoms with Crippen LogP contribution < -0.4 is 0 Å². The van der Waals surface area contributed by atoms with E-state index in [1.165, 1.54) is 0 Å². The van der Waals surface area contributed by atoms with Crippen molar-refractivity contribution < 1.29 is 23.1 Å². The molecule has 1 N–H and O–H groups in total. The third-order valence-electron chi connectivity index (χ3n) is 0.668. The maximum atomic E-state index is 10.6. The molecule has 12 heavy (non-hydrogen) atoms. The summed E-state index contributed by atoms with van der Waals surface area (Å²) in [5, 5.41) is 11.2. The van der Waals surface area contributed by atoms with Crippen molar-refractivity contribution >= 4 is 17.3 Å². The highest BCUT2D eigenvalue weighted by Gasteiger charge is 2.38. The van der Waals surface area contributed by atoms with E-state index in [2.05, 4.69) is 0 Å². The number of thiophene rings is 1. The molecule has 1 aromatic heterocycles. The van der Waals surface area contributed by atoms with E-state index >= 15 is 0 Å². The number of alkyl halides is 3. The molecule has 0 aromatic carbocycles. The van der Waals surface area contributed by atoms with Gasteiger partial charge in [0.15, 0.2) is 0 Å². The van der Waals surface area contributed by atoms with Gasteiger partial charge in [0, 0.05) is 0 Å². The van der Waals surface area contributed by atoms with Gasteiger partial charge in [-0.15, -0.1) is 0 Å². The molecule has 1 aromatic rings. The average Bonchev–Trinajstić information content (AvgIpc) is 2.39. The lowest BCUT2D eigenvalue weighted by Crippen LogP contribution is -2.21. The topological polar surface area (TPSA) is 37.3 Å². The smallest absolute Gasteiger partial charge is 0.475 e. The monoisotopic (exact) mass is 198 g/mol. The second kappa shape index (κ2) is 4.76. The maximum Gasteiger partial charge on any atom is 0.490 e. The van der Waals surface area contributed by atoms with Crippen molar-refractivity contribution in [2.24, 2.45) is 0 Å². The summed E-state index contributed by atoms with van der Waals surface area (Å²) >= 11 is 1.71. The summed E-state index contributed by atoms with van der Waals surface area (Å²) in [6.45, 7) is 0. The first-order valence-electron chi connectivity index (χ1n) is 2.72. The molecular weight excluding hydrogens is 193 g/mol. The Hall–Kier alpha value is -1.04. The number of carboxylic acids is 1. The van der Waals surface area contributed by atoms with E-state index in [1.54, 1.807) is 11.3 Å². The molecule has 0 aliphatic heterocycles. The van der Waals surface area contributed by atoms with E-state index in [9.17, 15) is 13.2 Å². The summed E-state index contributed by atoms with van der Waals surface area (Å²) in [7, 11) is 0. The Morgan fingerprint density at radius 3 is 1.67 bits per heavy atom. The van der Waals surface area contributed by atoms with Gasteiger partial charge in [-0.25, -0.2) is 4.79 Å². The van der Waals surface area contributed by atoms with E-state index in [0.29, 0.717) is 0 Å². The first kappa shape index (κ1) is 11.0. The minimum Gasteiger partial charge on any atom is -0.475 e. The van der Waals surface area contributed by atoms with Crippen LogP contribution in [0, 0.1) is 0 Å². The molecule has 0 radical (unpaired) electrons. The normalized spacial score (nSPS) is 9.92. The van der Waals surface area contributed by atoms with Gasteiger partial charge in [0.25, 0.3) is 0 Å². The summed E-state index contributed by atoms with van der Waals surface area (Å²) in [5.74, 6) is -2.76. The van der Waals surface area contributed by atoms with Gasteiger partial charge in [0.1, 0.15) is 0 Å². The Morgan fingerprint density at radius 2 is 1.58 bits per heavy atom. The molecule has 68 valence electrons. The quantitative estimate of drug-likeness (QED) is 0.694. The van der Waals surface area contributed by atoms with E-state index in [4.69, 9.17) is 9.90 Å². The van der Waals surface area contributed by atoms with Gasteiger partial charge < -0.3 is 5.11 Å². The number of carboxylic acid groups (broad SMARTS) is 1. The zero-order valence-electron chi connectivity index (χ0n) is 5.71. The lowest BCUT2D eigenvalue weighted by molar-refractivity contribution is -0.192. The van der Waals surface area contributed by atoms with Crippen LogP contribution in [0.1, 0.15) is 0 Å². The SMILES string of the molecule is O=C(O)C(F)(F)F.c1ccsc1. The van der Waals surface area contributed by atoms with E-state index in [1.807, 2.05) is 22.9 Å². The zero-order valence-corrected chi connectivity index (χ0v) is 6.52. The van der Waals surface area contributed by atoms with E-state index in [0.717, 1.165) is 0 Å². The minimum absolute atomic E-state index is 1.71. The highest BCUT2D eigenvalue weighted by Crippen LogP contribution is 2.13. The average molecular weight is 198 g/mol. The fourth-order valence-corrected chi connectivity index (χ4v) is 0.680. The molecule has 1 heterocycles. The fourth-order valence-electron chi connectivity index (χ4n) is 0.227. The Bertz CT molecular complexity index is 200. The third kappa shape index (κ3) is 5.72. The van der Waals surface area contributed by atoms with Crippen molar-refractivity contribution in [3.63, 3.8) is 0 Å². The van der Waals surface area contributed by atoms with Crippen molar-refractivity contribution in [3.8, 4) is 0 Å². The van der Waals surface area contributed by atoms with Crippen molar-refractivity contribution in [2.45, 2.75) is 6.18 Å². The van der Waals surface area contributed by atoms with Crippen LogP contribution in [0.2, 0.25) is 0 Å². The van der Waals surface area contributed by atoms with E-state index < -0.39 is 12.1 Å². The van der Waals surface area contributed by atoms with Crippen LogP contribution in [0.25, 0.3) is 0 Å². The summed E-state index contributed by atoms with van der Waals surface area (Å²) in [4.78, 5) is 8.90. The predicted octanol–water partition coefficient (Wildman–Crippen LogP) is 2.38. The Labute approximate surface area is 70.3 Å². The van der Waals surface area contributed by atoms with Gasteiger partial charge in [-0.3, -0.25) is 0 Å². The highest BCUT2D eigenvalue weighted by molar-refractivity contribution is 7.07. The van der Waals surface area contributed by atoms with Crippen LogP contribution in [0.4, 0.5) is 13.2 Å². The van der Waals surface area contributed by atoms with Crippen LogP contribution in [0.3, 0.4) is 0 Å². The summed E-state index contributed by atoms with van der Waals surface area (Å²) < 4.78 is 31.7. The van der Waals surface area contributed by atoms with Crippen LogP contribution >= 0.6 is 11.3 Å². The first-order valence-corrected chi connectivity index (χ1v) is 3.66. The van der Waals surface area contributed by atoms with Crippen molar-refractivity contribution in [3.05, 3.63) is 22.9 Å². The molecular formula is C6H5F3O2S. The lowest BCUT2D eigenvalue weighted by Gasteiger charge is -1.93. The third-order valence-corrected chi connectivity index (χ3v) is 1.30. The van der Waals surface area contributed by atoms with Crippen LogP contribution in [-0.4, -0.2) is 17.3 Å². The molecule has 0 atom stereocenters. The largest absolute Gasteiger partial charge is 0.490 e. The summed E-state index contributed by atoms with van der Waals surface area (Å²) in [6, 6.07) is 4.04. The van der Waals surface area contributed by atoms with Gasteiger partial charge in [-0.2, -0.15) is 24.5 Å². The van der Waals surface area contributed by atoms with Crippen molar-refractivity contribution in [1.82, 2.24) is 0 Å². The van der Waals surface area contributed by atoms with Crippen molar-refractivity contribution in [1.29, 1.82) is 0 Å². The summed E-state index contributed by atoms with van der Waals surface area (Å²) in [5.41, 5.74) is 0. The van der Waals surface area contributed by atoms with Gasteiger partial charge in [-0.1, -0.05) is 12.1 Å². The second-order valence-electron chi connectivity index (χ2n) is 1.60. The number of carbonyl (C=O) groups is 1. The molecule has 2 nitrogen and oxygen atoms in total. The molecule has 0 amide bonds. The summed E-state index contributed by atoms with van der Waals surface area (Å²) in [6.07, 6.45) is -5.08. The fraction of sp³-hybridized carbons (Fsp3) is 0.167. The molecule has 0 saturated carbocycles. The molecule has 0 saturated heterocycles. The number of hydrogen-bond acceptors (Lipinski definition) is 2. The van der Waals surface area contributed by atoms with Crippen LogP contribution in [0.5, 0.6) is 0 Å². The number of rotatable bonds is 0. The van der Waals surface area contributed by atoms with Gasteiger partial charge in [0.05, 0.1) is 0 Å². The molecule has 6 heteroatoms. The number of hydrogen-bond donors (Lipinski definition) is 1. The molecule has 0 unspecified atom stereocenters. The predicted molar refractivity (Wildman–Crippen MR) is 38.0 cm³/mol. The van der Waals surface area contributed by atoms with Gasteiger partial charge in [-0.05, 0) is 10.8 Å². The molecule has 0 bridgehead atoms. The molecule has 0 spiro atoms. The minimum atomic E-state index is -5.08. The van der Waals surface area contributed by atoms with Gasteiger partial charge in [0.2, 0.25) is 0 Å². The van der Waals surface area contributed by atoms with Crippen LogP contribution in [0.15, 0.2) is 22.9 Å².